The molecule has 0 fully saturated rings. The number of aryl methyl sites for hydroxylation is 3. The number of nitrogens with zero attached hydrogens (tertiary/aromatic N) is 2. The first-order valence-electron chi connectivity index (χ1n) is 8.53. The van der Waals surface area contributed by atoms with Crippen LogP contribution < -0.4 is 10.6 Å². The van der Waals surface area contributed by atoms with Gasteiger partial charge >= 0.3 is 0 Å². The number of hydrogen-bond donors (Lipinski definition) is 2. The van der Waals surface area contributed by atoms with E-state index in [1.807, 2.05) is 56.3 Å². The van der Waals surface area contributed by atoms with E-state index in [-0.39, 0.29) is 5.91 Å². The van der Waals surface area contributed by atoms with Crippen LogP contribution in [0.1, 0.15) is 33.0 Å². The van der Waals surface area contributed by atoms with Gasteiger partial charge in [0.1, 0.15) is 17.3 Å². The zero-order valence-corrected chi connectivity index (χ0v) is 15.2. The van der Waals surface area contributed by atoms with E-state index in [1.54, 1.807) is 13.0 Å². The maximum Gasteiger partial charge on any atom is 0.270 e. The molecule has 0 bridgehead atoms. The molecular formula is C21H22N4O. The zero-order chi connectivity index (χ0) is 18.5. The summed E-state index contributed by atoms with van der Waals surface area (Å²) in [5, 5.41) is 6.17. The first-order chi connectivity index (χ1) is 12.5. The lowest BCUT2D eigenvalue weighted by Gasteiger charge is -2.11. The summed E-state index contributed by atoms with van der Waals surface area (Å²) >= 11 is 0. The largest absolute Gasteiger partial charge is 0.347 e. The van der Waals surface area contributed by atoms with Crippen molar-refractivity contribution in [2.24, 2.45) is 0 Å². The molecule has 3 aromatic rings. The van der Waals surface area contributed by atoms with E-state index in [0.717, 1.165) is 16.8 Å². The molecule has 5 nitrogen and oxygen atoms in total. The molecular weight excluding hydrogens is 324 g/mol. The second kappa shape index (κ2) is 7.78. The predicted octanol–water partition coefficient (Wildman–Crippen LogP) is 4.08. The molecule has 0 atom stereocenters. The van der Waals surface area contributed by atoms with Gasteiger partial charge < -0.3 is 10.6 Å². The van der Waals surface area contributed by atoms with Crippen LogP contribution in [0.4, 0.5) is 11.5 Å². The highest BCUT2D eigenvalue weighted by Crippen LogP contribution is 2.19. The number of anilines is 2. The number of benzene rings is 2. The minimum Gasteiger partial charge on any atom is -0.347 e. The lowest BCUT2D eigenvalue weighted by molar-refractivity contribution is 0.0945. The lowest BCUT2D eigenvalue weighted by atomic mass is 10.1. The van der Waals surface area contributed by atoms with Crippen molar-refractivity contribution < 1.29 is 4.79 Å². The molecule has 0 radical (unpaired) electrons. The Morgan fingerprint density at radius 1 is 0.962 bits per heavy atom. The predicted molar refractivity (Wildman–Crippen MR) is 104 cm³/mol. The molecule has 0 saturated heterocycles. The first kappa shape index (κ1) is 17.6. The van der Waals surface area contributed by atoms with Crippen LogP contribution in [0.5, 0.6) is 0 Å². The number of carbonyl (C=O) groups excluding carboxylic acids is 1. The standard InChI is InChI=1S/C21H22N4O/c1-14-7-6-9-17(11-14)13-22-21(26)19-12-20(24-16(3)23-19)25-18-10-5-4-8-15(18)2/h4-12H,13H2,1-3H3,(H,22,26)(H,23,24,25). The molecule has 2 aromatic carbocycles. The fraction of sp³-hybridized carbons (Fsp3) is 0.190. The fourth-order valence-electron chi connectivity index (χ4n) is 2.69. The Hall–Kier alpha value is -3.21. The van der Waals surface area contributed by atoms with Crippen molar-refractivity contribution in [2.75, 3.05) is 5.32 Å². The highest BCUT2D eigenvalue weighted by Gasteiger charge is 2.11. The maximum atomic E-state index is 12.5. The van der Waals surface area contributed by atoms with Crippen LogP contribution in [-0.4, -0.2) is 15.9 Å². The third kappa shape index (κ3) is 4.45. The minimum atomic E-state index is -0.218. The summed E-state index contributed by atoms with van der Waals surface area (Å²) in [6.45, 7) is 6.29. The van der Waals surface area contributed by atoms with Crippen molar-refractivity contribution >= 4 is 17.4 Å². The summed E-state index contributed by atoms with van der Waals surface area (Å²) in [4.78, 5) is 21.1. The number of rotatable bonds is 5. The topological polar surface area (TPSA) is 66.9 Å². The minimum absolute atomic E-state index is 0.218. The maximum absolute atomic E-state index is 12.5. The van der Waals surface area contributed by atoms with Crippen molar-refractivity contribution in [3.63, 3.8) is 0 Å². The molecule has 2 N–H and O–H groups in total. The van der Waals surface area contributed by atoms with Crippen LogP contribution in [0.3, 0.4) is 0 Å². The molecule has 3 rings (SSSR count). The molecule has 0 saturated carbocycles. The first-order valence-corrected chi connectivity index (χ1v) is 8.53. The monoisotopic (exact) mass is 346 g/mol. The normalized spacial score (nSPS) is 10.4. The van der Waals surface area contributed by atoms with Gasteiger partial charge in [-0.2, -0.15) is 0 Å². The molecule has 0 spiro atoms. The van der Waals surface area contributed by atoms with Crippen molar-refractivity contribution in [1.82, 2.24) is 15.3 Å². The number of amides is 1. The molecule has 132 valence electrons. The van der Waals surface area contributed by atoms with Gasteiger partial charge in [-0.1, -0.05) is 48.0 Å². The van der Waals surface area contributed by atoms with E-state index >= 15 is 0 Å². The number of hydrogen-bond acceptors (Lipinski definition) is 4. The smallest absolute Gasteiger partial charge is 0.270 e. The van der Waals surface area contributed by atoms with Crippen molar-refractivity contribution in [3.8, 4) is 0 Å². The van der Waals surface area contributed by atoms with E-state index in [4.69, 9.17) is 0 Å². The molecule has 0 aliphatic heterocycles. The quantitative estimate of drug-likeness (QED) is 0.731. The van der Waals surface area contributed by atoms with Crippen molar-refractivity contribution in [2.45, 2.75) is 27.3 Å². The van der Waals surface area contributed by atoms with E-state index in [2.05, 4.69) is 26.7 Å². The Morgan fingerprint density at radius 2 is 1.77 bits per heavy atom. The van der Waals surface area contributed by atoms with Gasteiger partial charge in [-0.05, 0) is 38.0 Å². The summed E-state index contributed by atoms with van der Waals surface area (Å²) < 4.78 is 0. The van der Waals surface area contributed by atoms with Crippen LogP contribution in [-0.2, 0) is 6.54 Å². The molecule has 1 heterocycles. The number of aromatic nitrogens is 2. The van der Waals surface area contributed by atoms with Gasteiger partial charge in [0.25, 0.3) is 5.91 Å². The molecule has 0 aliphatic carbocycles. The van der Waals surface area contributed by atoms with Crippen LogP contribution in [0.15, 0.2) is 54.6 Å². The van der Waals surface area contributed by atoms with Gasteiger partial charge in [0.15, 0.2) is 0 Å². The van der Waals surface area contributed by atoms with Gasteiger partial charge in [-0.25, -0.2) is 9.97 Å². The molecule has 5 heteroatoms. The Morgan fingerprint density at radius 3 is 2.54 bits per heavy atom. The van der Waals surface area contributed by atoms with E-state index in [9.17, 15) is 4.79 Å². The third-order valence-electron chi connectivity index (χ3n) is 4.01. The Balaban J connectivity index is 1.74. The molecule has 0 aliphatic rings. The SMILES string of the molecule is Cc1cccc(CNC(=O)c2cc(Nc3ccccc3C)nc(C)n2)c1. The number of carbonyl (C=O) groups is 1. The fourth-order valence-corrected chi connectivity index (χ4v) is 2.69. The summed E-state index contributed by atoms with van der Waals surface area (Å²) in [6, 6.07) is 17.7. The molecule has 1 aromatic heterocycles. The molecule has 1 amide bonds. The highest BCUT2D eigenvalue weighted by molar-refractivity contribution is 5.93. The summed E-state index contributed by atoms with van der Waals surface area (Å²) in [7, 11) is 0. The van der Waals surface area contributed by atoms with E-state index in [1.165, 1.54) is 5.56 Å². The van der Waals surface area contributed by atoms with Crippen LogP contribution in [0.25, 0.3) is 0 Å². The van der Waals surface area contributed by atoms with E-state index < -0.39 is 0 Å². The highest BCUT2D eigenvalue weighted by atomic mass is 16.1. The second-order valence-corrected chi connectivity index (χ2v) is 6.30. The third-order valence-corrected chi connectivity index (χ3v) is 4.01. The van der Waals surface area contributed by atoms with Gasteiger partial charge in [0.05, 0.1) is 0 Å². The summed E-state index contributed by atoms with van der Waals surface area (Å²) in [6.07, 6.45) is 0. The molecule has 0 unspecified atom stereocenters. The lowest BCUT2D eigenvalue weighted by Crippen LogP contribution is -2.24. The average molecular weight is 346 g/mol. The van der Waals surface area contributed by atoms with E-state index in [0.29, 0.717) is 23.9 Å². The molecule has 26 heavy (non-hydrogen) atoms. The van der Waals surface area contributed by atoms with Crippen molar-refractivity contribution in [3.05, 3.63) is 82.8 Å². The van der Waals surface area contributed by atoms with Gasteiger partial charge in [0, 0.05) is 18.3 Å². The number of nitrogens with one attached hydrogen (secondary N) is 2. The van der Waals surface area contributed by atoms with Crippen molar-refractivity contribution in [1.29, 1.82) is 0 Å². The summed E-state index contributed by atoms with van der Waals surface area (Å²) in [5.74, 6) is 0.932. The van der Waals surface area contributed by atoms with Gasteiger partial charge in [-0.3, -0.25) is 4.79 Å². The Kier molecular flexibility index (Phi) is 5.27. The van der Waals surface area contributed by atoms with Crippen LogP contribution in [0.2, 0.25) is 0 Å². The summed E-state index contributed by atoms with van der Waals surface area (Å²) in [5.41, 5.74) is 4.63. The Bertz CT molecular complexity index is 937. The number of para-hydroxylation sites is 1. The second-order valence-electron chi connectivity index (χ2n) is 6.30. The van der Waals surface area contributed by atoms with Crippen LogP contribution >= 0.6 is 0 Å². The van der Waals surface area contributed by atoms with Crippen LogP contribution in [0, 0.1) is 20.8 Å². The average Bonchev–Trinajstić information content (AvgIpc) is 2.61. The Labute approximate surface area is 153 Å². The zero-order valence-electron chi connectivity index (χ0n) is 15.2. The van der Waals surface area contributed by atoms with Gasteiger partial charge in [-0.15, -0.1) is 0 Å². The van der Waals surface area contributed by atoms with Gasteiger partial charge in [0.2, 0.25) is 0 Å².